The number of carbonyl (C=O) groups excluding carboxylic acids is 3. The number of H-pyrrole nitrogens is 1. The second-order valence-corrected chi connectivity index (χ2v) is 6.73. The van der Waals surface area contributed by atoms with E-state index in [9.17, 15) is 14.4 Å². The molecule has 0 saturated heterocycles. The van der Waals surface area contributed by atoms with Crippen LogP contribution in [0.2, 0.25) is 0 Å². The van der Waals surface area contributed by atoms with Gasteiger partial charge in [-0.2, -0.15) is 0 Å². The number of para-hydroxylation sites is 1. The van der Waals surface area contributed by atoms with Crippen LogP contribution in [0.5, 0.6) is 0 Å². The lowest BCUT2D eigenvalue weighted by Crippen LogP contribution is -2.47. The van der Waals surface area contributed by atoms with E-state index in [0.29, 0.717) is 0 Å². The van der Waals surface area contributed by atoms with Crippen LogP contribution in [0.3, 0.4) is 0 Å². The van der Waals surface area contributed by atoms with E-state index in [4.69, 9.17) is 11.2 Å². The van der Waals surface area contributed by atoms with E-state index in [1.807, 2.05) is 24.3 Å². The summed E-state index contributed by atoms with van der Waals surface area (Å²) in [6.07, 6.45) is 7.41. The summed E-state index contributed by atoms with van der Waals surface area (Å²) in [6, 6.07) is 13.1. The maximum Gasteiger partial charge on any atom is 0.329 e. The molecule has 1 atom stereocenters. The highest BCUT2D eigenvalue weighted by Gasteiger charge is 2.43. The predicted octanol–water partition coefficient (Wildman–Crippen LogP) is 2.94. The Morgan fingerprint density at radius 1 is 1.07 bits per heavy atom. The second-order valence-electron chi connectivity index (χ2n) is 6.73. The molecule has 144 valence electrons. The molecule has 2 aromatic carbocycles. The van der Waals surface area contributed by atoms with Crippen molar-refractivity contribution >= 4 is 28.7 Å². The Hall–Kier alpha value is -3.85. The molecule has 0 aliphatic carbocycles. The van der Waals surface area contributed by atoms with Crippen molar-refractivity contribution in [3.63, 3.8) is 0 Å². The van der Waals surface area contributed by atoms with E-state index in [1.165, 1.54) is 0 Å². The fourth-order valence-electron chi connectivity index (χ4n) is 3.59. The first kappa shape index (κ1) is 18.5. The number of esters is 1. The van der Waals surface area contributed by atoms with E-state index in [-0.39, 0.29) is 30.6 Å². The molecule has 1 aromatic heterocycles. The molecule has 0 bridgehead atoms. The monoisotopic (exact) mass is 386 g/mol. The van der Waals surface area contributed by atoms with E-state index in [1.54, 1.807) is 30.5 Å². The first-order valence-electron chi connectivity index (χ1n) is 9.24. The Morgan fingerprint density at radius 3 is 2.41 bits per heavy atom. The Kier molecular flexibility index (Phi) is 4.88. The highest BCUT2D eigenvalue weighted by Crippen LogP contribution is 2.28. The average Bonchev–Trinajstić information content (AvgIpc) is 3.26. The fourth-order valence-corrected chi connectivity index (χ4v) is 3.59. The molecule has 6 nitrogen and oxygen atoms in total. The number of fused-ring (bicyclic) bond motifs is 2. The SMILES string of the molecule is C#CCCOC(=O)[C@H](Cc1c[nH]c2ccccc12)N1C(=O)c2ccccc2C1=O. The topological polar surface area (TPSA) is 79.5 Å². The maximum atomic E-state index is 12.9. The standard InChI is InChI=1S/C23H18N2O4/c1-2-3-12-29-23(28)20(13-15-14-24-19-11-7-6-8-16(15)19)25-21(26)17-9-4-5-10-18(17)22(25)27/h1,4-11,14,20,24H,3,12-13H2/t20-/m0/s1. The van der Waals surface area contributed by atoms with Crippen molar-refractivity contribution in [2.24, 2.45) is 0 Å². The number of nitrogens with one attached hydrogen (secondary N) is 1. The van der Waals surface area contributed by atoms with Gasteiger partial charge in [-0.3, -0.25) is 14.5 Å². The number of benzene rings is 2. The first-order chi connectivity index (χ1) is 14.1. The van der Waals surface area contributed by atoms with Crippen LogP contribution >= 0.6 is 0 Å². The molecule has 0 radical (unpaired) electrons. The molecule has 0 saturated carbocycles. The molecule has 2 heterocycles. The number of aromatic amines is 1. The largest absolute Gasteiger partial charge is 0.463 e. The molecule has 6 heteroatoms. The number of nitrogens with zero attached hydrogens (tertiary/aromatic N) is 1. The van der Waals surface area contributed by atoms with Gasteiger partial charge in [-0.25, -0.2) is 4.79 Å². The van der Waals surface area contributed by atoms with Crippen LogP contribution < -0.4 is 0 Å². The molecule has 0 spiro atoms. The summed E-state index contributed by atoms with van der Waals surface area (Å²) in [4.78, 5) is 42.9. The first-order valence-corrected chi connectivity index (χ1v) is 9.24. The van der Waals surface area contributed by atoms with Gasteiger partial charge in [-0.05, 0) is 23.8 Å². The van der Waals surface area contributed by atoms with E-state index in [2.05, 4.69) is 10.9 Å². The minimum absolute atomic E-state index is 0.0306. The summed E-state index contributed by atoms with van der Waals surface area (Å²) >= 11 is 0. The quantitative estimate of drug-likeness (QED) is 0.306. The Morgan fingerprint density at radius 2 is 1.72 bits per heavy atom. The third-order valence-electron chi connectivity index (χ3n) is 4.99. The number of terminal acetylenes is 1. The van der Waals surface area contributed by atoms with Crippen LogP contribution in [-0.2, 0) is 16.0 Å². The molecule has 2 amide bonds. The number of aromatic nitrogens is 1. The van der Waals surface area contributed by atoms with Crippen molar-refractivity contribution in [2.75, 3.05) is 6.61 Å². The second kappa shape index (κ2) is 7.64. The number of imide groups is 1. The van der Waals surface area contributed by atoms with Gasteiger partial charge in [0.1, 0.15) is 12.6 Å². The molecule has 29 heavy (non-hydrogen) atoms. The Labute approximate surface area is 167 Å². The molecule has 0 unspecified atom stereocenters. The van der Waals surface area contributed by atoms with Gasteiger partial charge in [0.05, 0.1) is 11.1 Å². The van der Waals surface area contributed by atoms with Crippen LogP contribution in [0.15, 0.2) is 54.7 Å². The number of carbonyl (C=O) groups is 3. The number of hydrogen-bond acceptors (Lipinski definition) is 4. The molecule has 3 aromatic rings. The molecule has 4 rings (SSSR count). The number of rotatable bonds is 6. The van der Waals surface area contributed by atoms with Gasteiger partial charge < -0.3 is 9.72 Å². The summed E-state index contributed by atoms with van der Waals surface area (Å²) < 4.78 is 5.28. The maximum absolute atomic E-state index is 12.9. The van der Waals surface area contributed by atoms with Crippen LogP contribution in [0.25, 0.3) is 10.9 Å². The van der Waals surface area contributed by atoms with Gasteiger partial charge in [0.25, 0.3) is 11.8 Å². The summed E-state index contributed by atoms with van der Waals surface area (Å²) in [6.45, 7) is 0.0306. The van der Waals surface area contributed by atoms with Crippen molar-refractivity contribution in [1.82, 2.24) is 9.88 Å². The summed E-state index contributed by atoms with van der Waals surface area (Å²) in [5, 5.41) is 0.922. The number of ether oxygens (including phenoxy) is 1. The van der Waals surface area contributed by atoms with Crippen LogP contribution in [0.4, 0.5) is 0 Å². The Balaban J connectivity index is 1.69. The zero-order valence-electron chi connectivity index (χ0n) is 15.6. The van der Waals surface area contributed by atoms with Gasteiger partial charge in [0, 0.05) is 29.9 Å². The van der Waals surface area contributed by atoms with Crippen LogP contribution in [-0.4, -0.2) is 40.3 Å². The third-order valence-corrected chi connectivity index (χ3v) is 4.99. The van der Waals surface area contributed by atoms with E-state index >= 15 is 0 Å². The van der Waals surface area contributed by atoms with Gasteiger partial charge in [0.15, 0.2) is 0 Å². The van der Waals surface area contributed by atoms with Crippen molar-refractivity contribution in [3.05, 3.63) is 71.4 Å². The highest BCUT2D eigenvalue weighted by atomic mass is 16.5. The molecular formula is C23H18N2O4. The molecule has 1 N–H and O–H groups in total. The molecule has 1 aliphatic rings. The normalized spacial score (nSPS) is 14.0. The Bertz CT molecular complexity index is 1120. The van der Waals surface area contributed by atoms with E-state index < -0.39 is 23.8 Å². The van der Waals surface area contributed by atoms with Crippen molar-refractivity contribution in [2.45, 2.75) is 18.9 Å². The zero-order valence-corrected chi connectivity index (χ0v) is 15.6. The summed E-state index contributed by atoms with van der Waals surface area (Å²) in [7, 11) is 0. The lowest BCUT2D eigenvalue weighted by Gasteiger charge is -2.24. The fraction of sp³-hybridized carbons (Fsp3) is 0.174. The minimum Gasteiger partial charge on any atom is -0.463 e. The smallest absolute Gasteiger partial charge is 0.329 e. The van der Waals surface area contributed by atoms with Crippen LogP contribution in [0.1, 0.15) is 32.7 Å². The van der Waals surface area contributed by atoms with Gasteiger partial charge >= 0.3 is 5.97 Å². The number of hydrogen-bond donors (Lipinski definition) is 1. The lowest BCUT2D eigenvalue weighted by molar-refractivity contribution is -0.148. The summed E-state index contributed by atoms with van der Waals surface area (Å²) in [5.41, 5.74) is 2.30. The van der Waals surface area contributed by atoms with Crippen molar-refractivity contribution in [3.8, 4) is 12.3 Å². The highest BCUT2D eigenvalue weighted by molar-refractivity contribution is 6.22. The van der Waals surface area contributed by atoms with E-state index in [0.717, 1.165) is 21.4 Å². The molecule has 0 fully saturated rings. The van der Waals surface area contributed by atoms with Gasteiger partial charge in [-0.1, -0.05) is 30.3 Å². The predicted molar refractivity (Wildman–Crippen MR) is 107 cm³/mol. The average molecular weight is 386 g/mol. The van der Waals surface area contributed by atoms with Crippen molar-refractivity contribution < 1.29 is 19.1 Å². The number of amides is 2. The zero-order chi connectivity index (χ0) is 20.4. The molecular weight excluding hydrogens is 368 g/mol. The molecule has 1 aliphatic heterocycles. The van der Waals surface area contributed by atoms with Crippen molar-refractivity contribution in [1.29, 1.82) is 0 Å². The summed E-state index contributed by atoms with van der Waals surface area (Å²) in [5.74, 6) is 0.759. The van der Waals surface area contributed by atoms with Gasteiger partial charge in [-0.15, -0.1) is 12.3 Å². The van der Waals surface area contributed by atoms with Gasteiger partial charge in [0.2, 0.25) is 0 Å². The minimum atomic E-state index is -1.08. The van der Waals surface area contributed by atoms with Crippen LogP contribution in [0, 0.1) is 12.3 Å². The lowest BCUT2D eigenvalue weighted by atomic mass is 10.0. The third kappa shape index (κ3) is 3.27.